The fourth-order valence-electron chi connectivity index (χ4n) is 2.28. The molecule has 0 aliphatic carbocycles. The number of benzene rings is 1. The standard InChI is InChI=1S/C17H12ClN3O2S2/c18-12-5-3-11(4-6-12)9-24-10-13-8-15(22)21-17(19-13)25-16(20-21)14-2-1-7-23-14/h1-8H,9-10H2. The molecule has 1 aromatic carbocycles. The van der Waals surface area contributed by atoms with Crippen molar-refractivity contribution in [1.29, 1.82) is 0 Å². The van der Waals surface area contributed by atoms with Crippen molar-refractivity contribution in [1.82, 2.24) is 14.6 Å². The fourth-order valence-corrected chi connectivity index (χ4v) is 4.19. The number of rotatable bonds is 5. The Hall–Kier alpha value is -2.09. The minimum Gasteiger partial charge on any atom is -0.462 e. The molecule has 0 atom stereocenters. The molecular weight excluding hydrogens is 378 g/mol. The minimum absolute atomic E-state index is 0.179. The third-order valence-electron chi connectivity index (χ3n) is 3.46. The molecule has 0 fully saturated rings. The largest absolute Gasteiger partial charge is 0.462 e. The molecule has 5 nitrogen and oxygen atoms in total. The van der Waals surface area contributed by atoms with Crippen molar-refractivity contribution in [3.8, 4) is 10.8 Å². The van der Waals surface area contributed by atoms with Gasteiger partial charge in [-0.25, -0.2) is 4.98 Å². The zero-order chi connectivity index (χ0) is 17.2. The lowest BCUT2D eigenvalue weighted by atomic mass is 10.2. The van der Waals surface area contributed by atoms with Crippen LogP contribution in [0.5, 0.6) is 0 Å². The van der Waals surface area contributed by atoms with Crippen molar-refractivity contribution >= 4 is 39.7 Å². The molecule has 0 aliphatic heterocycles. The first-order chi connectivity index (χ1) is 12.2. The average molecular weight is 390 g/mol. The lowest BCUT2D eigenvalue weighted by molar-refractivity contribution is 0.580. The second-order valence-electron chi connectivity index (χ2n) is 5.28. The Bertz CT molecular complexity index is 1060. The predicted octanol–water partition coefficient (Wildman–Crippen LogP) is 4.50. The molecule has 25 heavy (non-hydrogen) atoms. The second kappa shape index (κ2) is 7.03. The van der Waals surface area contributed by atoms with Gasteiger partial charge in [0.05, 0.1) is 12.0 Å². The SMILES string of the molecule is O=c1cc(CSCc2ccc(Cl)cc2)nc2sc(-c3ccco3)nn12. The molecule has 0 saturated heterocycles. The van der Waals surface area contributed by atoms with Crippen LogP contribution in [-0.4, -0.2) is 14.6 Å². The highest BCUT2D eigenvalue weighted by Gasteiger charge is 2.12. The van der Waals surface area contributed by atoms with Crippen molar-refractivity contribution in [2.24, 2.45) is 0 Å². The molecule has 4 aromatic rings. The van der Waals surface area contributed by atoms with Crippen molar-refractivity contribution in [2.75, 3.05) is 0 Å². The maximum atomic E-state index is 12.3. The lowest BCUT2D eigenvalue weighted by Crippen LogP contribution is -2.15. The van der Waals surface area contributed by atoms with Gasteiger partial charge >= 0.3 is 0 Å². The minimum atomic E-state index is -0.179. The summed E-state index contributed by atoms with van der Waals surface area (Å²) < 4.78 is 6.65. The molecule has 126 valence electrons. The van der Waals surface area contributed by atoms with E-state index in [0.717, 1.165) is 16.5 Å². The van der Waals surface area contributed by atoms with E-state index < -0.39 is 0 Å². The van der Waals surface area contributed by atoms with Gasteiger partial charge < -0.3 is 4.42 Å². The zero-order valence-corrected chi connectivity index (χ0v) is 15.3. The number of aromatic nitrogens is 3. The van der Waals surface area contributed by atoms with Crippen LogP contribution in [0, 0.1) is 0 Å². The number of halogens is 1. The predicted molar refractivity (Wildman–Crippen MR) is 101 cm³/mol. The highest BCUT2D eigenvalue weighted by molar-refractivity contribution is 7.97. The first-order valence-corrected chi connectivity index (χ1v) is 9.80. The average Bonchev–Trinajstić information content (AvgIpc) is 3.26. The molecule has 4 rings (SSSR count). The van der Waals surface area contributed by atoms with E-state index in [-0.39, 0.29) is 5.56 Å². The summed E-state index contributed by atoms with van der Waals surface area (Å²) in [4.78, 5) is 17.4. The van der Waals surface area contributed by atoms with Gasteiger partial charge in [-0.1, -0.05) is 35.1 Å². The first kappa shape index (κ1) is 16.4. The van der Waals surface area contributed by atoms with E-state index in [1.165, 1.54) is 27.5 Å². The smallest absolute Gasteiger partial charge is 0.275 e. The van der Waals surface area contributed by atoms with E-state index in [9.17, 15) is 4.79 Å². The Kier molecular flexibility index (Phi) is 4.61. The van der Waals surface area contributed by atoms with Gasteiger partial charge in [-0.05, 0) is 29.8 Å². The van der Waals surface area contributed by atoms with Crippen LogP contribution in [-0.2, 0) is 11.5 Å². The van der Waals surface area contributed by atoms with Crippen LogP contribution in [0.15, 0.2) is 57.9 Å². The lowest BCUT2D eigenvalue weighted by Gasteiger charge is -2.02. The zero-order valence-electron chi connectivity index (χ0n) is 12.9. The number of furan rings is 1. The van der Waals surface area contributed by atoms with Crippen LogP contribution in [0.2, 0.25) is 5.02 Å². The van der Waals surface area contributed by atoms with Gasteiger partial charge in [-0.3, -0.25) is 4.79 Å². The van der Waals surface area contributed by atoms with E-state index in [4.69, 9.17) is 16.0 Å². The second-order valence-corrected chi connectivity index (χ2v) is 7.66. The summed E-state index contributed by atoms with van der Waals surface area (Å²) in [5.74, 6) is 2.12. The number of thioether (sulfide) groups is 1. The van der Waals surface area contributed by atoms with Crippen molar-refractivity contribution in [3.63, 3.8) is 0 Å². The third-order valence-corrected chi connectivity index (χ3v) is 5.67. The molecule has 3 aromatic heterocycles. The summed E-state index contributed by atoms with van der Waals surface area (Å²) in [5.41, 5.74) is 1.75. The molecule has 0 bridgehead atoms. The Morgan fingerprint density at radius 1 is 1.20 bits per heavy atom. The molecule has 0 spiro atoms. The van der Waals surface area contributed by atoms with Crippen molar-refractivity contribution in [3.05, 3.63) is 75.4 Å². The Labute approximate surface area is 156 Å². The number of hydrogen-bond donors (Lipinski definition) is 0. The Morgan fingerprint density at radius 3 is 2.80 bits per heavy atom. The van der Waals surface area contributed by atoms with E-state index in [2.05, 4.69) is 10.1 Å². The summed E-state index contributed by atoms with van der Waals surface area (Å²) in [6.45, 7) is 0. The van der Waals surface area contributed by atoms with E-state index >= 15 is 0 Å². The molecule has 3 heterocycles. The third kappa shape index (κ3) is 3.63. The molecule has 0 aliphatic rings. The fraction of sp³-hybridized carbons (Fsp3) is 0.118. The van der Waals surface area contributed by atoms with E-state index in [1.807, 2.05) is 30.3 Å². The van der Waals surface area contributed by atoms with Gasteiger partial charge in [0, 0.05) is 22.6 Å². The van der Waals surface area contributed by atoms with E-state index in [1.54, 1.807) is 24.1 Å². The Morgan fingerprint density at radius 2 is 2.04 bits per heavy atom. The highest BCUT2D eigenvalue weighted by Crippen LogP contribution is 2.25. The normalized spacial score (nSPS) is 11.2. The van der Waals surface area contributed by atoms with Crippen LogP contribution in [0.1, 0.15) is 11.3 Å². The number of fused-ring (bicyclic) bond motifs is 1. The van der Waals surface area contributed by atoms with Crippen LogP contribution < -0.4 is 5.56 Å². The molecule has 0 unspecified atom stereocenters. The maximum Gasteiger partial charge on any atom is 0.275 e. The van der Waals surface area contributed by atoms with Crippen molar-refractivity contribution < 1.29 is 4.42 Å². The molecule has 8 heteroatoms. The quantitative estimate of drug-likeness (QED) is 0.503. The van der Waals surface area contributed by atoms with Gasteiger partial charge in [0.1, 0.15) is 0 Å². The summed E-state index contributed by atoms with van der Waals surface area (Å²) in [6.07, 6.45) is 1.58. The first-order valence-electron chi connectivity index (χ1n) is 7.45. The Balaban J connectivity index is 1.52. The van der Waals surface area contributed by atoms with Gasteiger partial charge in [0.2, 0.25) is 4.96 Å². The van der Waals surface area contributed by atoms with Crippen LogP contribution in [0.3, 0.4) is 0 Å². The number of hydrogen-bond acceptors (Lipinski definition) is 6. The topological polar surface area (TPSA) is 60.4 Å². The molecular formula is C17H12ClN3O2S2. The molecule has 0 N–H and O–H groups in total. The summed E-state index contributed by atoms with van der Waals surface area (Å²) in [6, 6.07) is 12.9. The maximum absolute atomic E-state index is 12.3. The van der Waals surface area contributed by atoms with Crippen LogP contribution in [0.4, 0.5) is 0 Å². The van der Waals surface area contributed by atoms with Crippen LogP contribution in [0.25, 0.3) is 15.7 Å². The van der Waals surface area contributed by atoms with Gasteiger partial charge in [0.25, 0.3) is 5.56 Å². The summed E-state index contributed by atoms with van der Waals surface area (Å²) in [7, 11) is 0. The van der Waals surface area contributed by atoms with Gasteiger partial charge in [0.15, 0.2) is 10.8 Å². The summed E-state index contributed by atoms with van der Waals surface area (Å²) >= 11 is 8.93. The highest BCUT2D eigenvalue weighted by atomic mass is 35.5. The van der Waals surface area contributed by atoms with Gasteiger partial charge in [-0.15, -0.1) is 5.10 Å². The summed E-state index contributed by atoms with van der Waals surface area (Å²) in [5, 5.41) is 5.65. The van der Waals surface area contributed by atoms with Crippen LogP contribution >= 0.6 is 34.7 Å². The van der Waals surface area contributed by atoms with Gasteiger partial charge in [-0.2, -0.15) is 16.3 Å². The van der Waals surface area contributed by atoms with E-state index in [0.29, 0.717) is 21.5 Å². The number of nitrogens with zero attached hydrogens (tertiary/aromatic N) is 3. The molecule has 0 amide bonds. The molecule has 0 saturated carbocycles. The molecule has 0 radical (unpaired) electrons. The van der Waals surface area contributed by atoms with Crippen molar-refractivity contribution in [2.45, 2.75) is 11.5 Å². The monoisotopic (exact) mass is 389 g/mol.